The van der Waals surface area contributed by atoms with E-state index in [4.69, 9.17) is 5.73 Å². The Labute approximate surface area is 125 Å². The maximum Gasteiger partial charge on any atom is 0.244 e. The van der Waals surface area contributed by atoms with Crippen molar-refractivity contribution in [1.82, 2.24) is 15.1 Å². The van der Waals surface area contributed by atoms with Crippen molar-refractivity contribution in [1.29, 1.82) is 0 Å². The molecule has 5 nitrogen and oxygen atoms in total. The Morgan fingerprint density at radius 1 is 1.47 bits per heavy atom. The van der Waals surface area contributed by atoms with Gasteiger partial charge in [-0.05, 0) is 35.2 Å². The molecule has 0 saturated carbocycles. The molecule has 1 heterocycles. The normalized spacial score (nSPS) is 14.0. The second kappa shape index (κ2) is 5.70. The van der Waals surface area contributed by atoms with E-state index in [1.807, 2.05) is 36.5 Å². The Bertz CT molecular complexity index is 569. The van der Waals surface area contributed by atoms with E-state index in [-0.39, 0.29) is 0 Å². The second-order valence-corrected chi connectivity index (χ2v) is 5.49. The van der Waals surface area contributed by atoms with Gasteiger partial charge in [-0.15, -0.1) is 0 Å². The molecular weight excluding hydrogens is 355 g/mol. The summed E-state index contributed by atoms with van der Waals surface area (Å²) in [6.45, 7) is 0.353. The minimum atomic E-state index is -0.962. The fourth-order valence-electron chi connectivity index (χ4n) is 2.05. The summed E-state index contributed by atoms with van der Waals surface area (Å²) in [6.07, 6.45) is 3.62. The molecule has 1 amide bonds. The van der Waals surface area contributed by atoms with Crippen LogP contribution >= 0.6 is 22.6 Å². The van der Waals surface area contributed by atoms with E-state index in [0.29, 0.717) is 6.54 Å². The number of primary amides is 1. The van der Waals surface area contributed by atoms with Crippen molar-refractivity contribution in [2.45, 2.75) is 12.1 Å². The number of carbonyl (C=O) groups excluding carboxylic acids is 1. The zero-order chi connectivity index (χ0) is 13.9. The van der Waals surface area contributed by atoms with E-state index in [9.17, 15) is 4.79 Å². The topological polar surface area (TPSA) is 72.9 Å². The lowest BCUT2D eigenvalue weighted by Crippen LogP contribution is -2.54. The smallest absolute Gasteiger partial charge is 0.244 e. The highest BCUT2D eigenvalue weighted by Crippen LogP contribution is 2.23. The van der Waals surface area contributed by atoms with Gasteiger partial charge in [-0.1, -0.05) is 30.3 Å². The van der Waals surface area contributed by atoms with Gasteiger partial charge in [-0.3, -0.25) is 9.48 Å². The zero-order valence-electron chi connectivity index (χ0n) is 10.5. The molecule has 0 bridgehead atoms. The fraction of sp³-hybridized carbons (Fsp3) is 0.231. The van der Waals surface area contributed by atoms with Crippen molar-refractivity contribution in [3.8, 4) is 0 Å². The van der Waals surface area contributed by atoms with Crippen LogP contribution < -0.4 is 11.1 Å². The van der Waals surface area contributed by atoms with Gasteiger partial charge in [0.2, 0.25) is 5.91 Å². The number of amides is 1. The van der Waals surface area contributed by atoms with Crippen molar-refractivity contribution in [2.75, 3.05) is 7.05 Å². The second-order valence-electron chi connectivity index (χ2n) is 4.24. The molecule has 0 aliphatic rings. The largest absolute Gasteiger partial charge is 0.368 e. The van der Waals surface area contributed by atoms with Gasteiger partial charge in [0, 0.05) is 6.20 Å². The summed E-state index contributed by atoms with van der Waals surface area (Å²) in [7, 11) is 1.73. The lowest BCUT2D eigenvalue weighted by molar-refractivity contribution is -0.125. The molecule has 2 rings (SSSR count). The standard InChI is InChI=1S/C13H15IN4O/c1-16-13(12(15)19,10-5-3-2-4-6-10)9-18-8-11(14)7-17-18/h2-8,16H,9H2,1H3,(H2,15,19). The number of carbonyl (C=O) groups is 1. The van der Waals surface area contributed by atoms with Crippen LogP contribution in [0, 0.1) is 3.57 Å². The van der Waals surface area contributed by atoms with Crippen LogP contribution in [0.2, 0.25) is 0 Å². The molecule has 0 spiro atoms. The molecule has 1 aromatic heterocycles. The molecule has 2 aromatic rings. The molecule has 0 radical (unpaired) electrons. The van der Waals surface area contributed by atoms with Crippen LogP contribution in [0.1, 0.15) is 5.56 Å². The Kier molecular flexibility index (Phi) is 4.20. The summed E-state index contributed by atoms with van der Waals surface area (Å²) >= 11 is 2.18. The maximum absolute atomic E-state index is 12.0. The molecule has 0 aliphatic carbocycles. The summed E-state index contributed by atoms with van der Waals surface area (Å²) in [6, 6.07) is 9.45. The molecule has 3 N–H and O–H groups in total. The Hall–Kier alpha value is -1.41. The summed E-state index contributed by atoms with van der Waals surface area (Å²) in [5.74, 6) is -0.424. The van der Waals surface area contributed by atoms with Crippen LogP contribution in [0.25, 0.3) is 0 Å². The zero-order valence-corrected chi connectivity index (χ0v) is 12.7. The number of rotatable bonds is 5. The van der Waals surface area contributed by atoms with Crippen LogP contribution in [-0.2, 0) is 16.9 Å². The quantitative estimate of drug-likeness (QED) is 0.774. The molecule has 0 aliphatic heterocycles. The minimum Gasteiger partial charge on any atom is -0.368 e. The lowest BCUT2D eigenvalue weighted by atomic mass is 9.89. The van der Waals surface area contributed by atoms with Crippen LogP contribution in [0.15, 0.2) is 42.7 Å². The first-order valence-corrected chi connectivity index (χ1v) is 6.88. The first-order valence-electron chi connectivity index (χ1n) is 5.81. The third-order valence-corrected chi connectivity index (χ3v) is 3.67. The van der Waals surface area contributed by atoms with Crippen LogP contribution in [0.5, 0.6) is 0 Å². The monoisotopic (exact) mass is 370 g/mol. The van der Waals surface area contributed by atoms with Gasteiger partial charge in [0.15, 0.2) is 0 Å². The Morgan fingerprint density at radius 3 is 2.63 bits per heavy atom. The molecule has 1 unspecified atom stereocenters. The van der Waals surface area contributed by atoms with Gasteiger partial charge in [0.1, 0.15) is 5.54 Å². The van der Waals surface area contributed by atoms with Gasteiger partial charge >= 0.3 is 0 Å². The predicted molar refractivity (Wildman–Crippen MR) is 81.3 cm³/mol. The molecule has 19 heavy (non-hydrogen) atoms. The number of likely N-dealkylation sites (N-methyl/N-ethyl adjacent to an activating group) is 1. The van der Waals surface area contributed by atoms with Crippen LogP contribution in [0.4, 0.5) is 0 Å². The number of nitrogens with two attached hydrogens (primary N) is 1. The van der Waals surface area contributed by atoms with Gasteiger partial charge < -0.3 is 11.1 Å². The van der Waals surface area contributed by atoms with E-state index < -0.39 is 11.4 Å². The summed E-state index contributed by atoms with van der Waals surface area (Å²) in [5.41, 5.74) is 5.49. The third-order valence-electron chi connectivity index (χ3n) is 3.11. The molecular formula is C13H15IN4O. The molecule has 1 atom stereocenters. The third kappa shape index (κ3) is 2.79. The summed E-state index contributed by atoms with van der Waals surface area (Å²) in [4.78, 5) is 12.0. The molecule has 1 aromatic carbocycles. The van der Waals surface area contributed by atoms with Gasteiger partial charge in [0.05, 0.1) is 16.3 Å². The summed E-state index contributed by atoms with van der Waals surface area (Å²) in [5, 5.41) is 7.27. The van der Waals surface area contributed by atoms with Gasteiger partial charge in [-0.2, -0.15) is 5.10 Å². The van der Waals surface area contributed by atoms with Crippen molar-refractivity contribution in [3.63, 3.8) is 0 Å². The number of aromatic nitrogens is 2. The summed E-state index contributed by atoms with van der Waals surface area (Å²) < 4.78 is 2.73. The Balaban J connectivity index is 2.43. The van der Waals surface area contributed by atoms with E-state index in [2.05, 4.69) is 33.0 Å². The van der Waals surface area contributed by atoms with E-state index in [0.717, 1.165) is 9.13 Å². The highest BCUT2D eigenvalue weighted by molar-refractivity contribution is 14.1. The van der Waals surface area contributed by atoms with Gasteiger partial charge in [0.25, 0.3) is 0 Å². The fourth-order valence-corrected chi connectivity index (χ4v) is 2.49. The van der Waals surface area contributed by atoms with Crippen molar-refractivity contribution in [2.24, 2.45) is 5.73 Å². The number of benzene rings is 1. The number of nitrogens with one attached hydrogen (secondary N) is 1. The molecule has 0 fully saturated rings. The Morgan fingerprint density at radius 2 is 2.16 bits per heavy atom. The van der Waals surface area contributed by atoms with Crippen molar-refractivity contribution in [3.05, 3.63) is 51.9 Å². The minimum absolute atomic E-state index is 0.353. The van der Waals surface area contributed by atoms with Crippen molar-refractivity contribution < 1.29 is 4.79 Å². The first-order chi connectivity index (χ1) is 9.08. The first kappa shape index (κ1) is 14.0. The average molecular weight is 370 g/mol. The van der Waals surface area contributed by atoms with Crippen molar-refractivity contribution >= 4 is 28.5 Å². The van der Waals surface area contributed by atoms with Crippen LogP contribution in [-0.4, -0.2) is 22.7 Å². The highest BCUT2D eigenvalue weighted by Gasteiger charge is 2.37. The van der Waals surface area contributed by atoms with E-state index in [1.165, 1.54) is 0 Å². The number of hydrogen-bond acceptors (Lipinski definition) is 3. The van der Waals surface area contributed by atoms with E-state index >= 15 is 0 Å². The lowest BCUT2D eigenvalue weighted by Gasteiger charge is -2.30. The number of nitrogens with zero attached hydrogens (tertiary/aromatic N) is 2. The average Bonchev–Trinajstić information content (AvgIpc) is 2.82. The maximum atomic E-state index is 12.0. The molecule has 6 heteroatoms. The SMILES string of the molecule is CNC(Cn1cc(I)cn1)(C(N)=O)c1ccccc1. The van der Waals surface area contributed by atoms with Gasteiger partial charge in [-0.25, -0.2) is 0 Å². The number of halogens is 1. The predicted octanol–water partition coefficient (Wildman–Crippen LogP) is 1.09. The molecule has 0 saturated heterocycles. The number of hydrogen-bond donors (Lipinski definition) is 2. The molecule has 100 valence electrons. The highest BCUT2D eigenvalue weighted by atomic mass is 127. The van der Waals surface area contributed by atoms with Crippen LogP contribution in [0.3, 0.4) is 0 Å². The van der Waals surface area contributed by atoms with E-state index in [1.54, 1.807) is 17.9 Å².